The number of halogens is 1. The minimum atomic E-state index is 0.0899. The molecule has 0 fully saturated rings. The van der Waals surface area contributed by atoms with Crippen molar-refractivity contribution in [2.75, 3.05) is 14.2 Å². The van der Waals surface area contributed by atoms with Gasteiger partial charge in [-0.3, -0.25) is 9.78 Å². The summed E-state index contributed by atoms with van der Waals surface area (Å²) in [7, 11) is 3.11. The number of methoxy groups -OCH3 is 2. The van der Waals surface area contributed by atoms with Crippen LogP contribution in [0.1, 0.15) is 16.8 Å². The highest BCUT2D eigenvalue weighted by Gasteiger charge is 2.14. The molecule has 2 aromatic carbocycles. The van der Waals surface area contributed by atoms with E-state index in [9.17, 15) is 4.79 Å². The highest BCUT2D eigenvalue weighted by atomic mass is 35.5. The average molecular weight is 396 g/mol. The van der Waals surface area contributed by atoms with E-state index in [0.717, 1.165) is 27.9 Å². The smallest absolute Gasteiger partial charge is 0.141 e. The SMILES string of the molecule is COc1cc(OC)c(CC(=O)Cc2ccc(-c3ccnc(C)c3)cc2)cc1Cl. The van der Waals surface area contributed by atoms with Crippen LogP contribution in [0, 0.1) is 6.92 Å². The zero-order valence-corrected chi connectivity index (χ0v) is 16.9. The summed E-state index contributed by atoms with van der Waals surface area (Å²) in [6.07, 6.45) is 2.40. The van der Waals surface area contributed by atoms with Crippen LogP contribution in [0.2, 0.25) is 5.02 Å². The predicted octanol–water partition coefficient (Wildman–Crippen LogP) is 5.08. The van der Waals surface area contributed by atoms with Gasteiger partial charge in [0.25, 0.3) is 0 Å². The molecule has 5 heteroatoms. The van der Waals surface area contributed by atoms with Gasteiger partial charge in [-0.25, -0.2) is 0 Å². The van der Waals surface area contributed by atoms with Crippen LogP contribution in [0.15, 0.2) is 54.7 Å². The van der Waals surface area contributed by atoms with Crippen molar-refractivity contribution in [2.45, 2.75) is 19.8 Å². The van der Waals surface area contributed by atoms with E-state index in [1.165, 1.54) is 0 Å². The van der Waals surface area contributed by atoms with Crippen LogP contribution in [-0.2, 0) is 17.6 Å². The Morgan fingerprint density at radius 2 is 1.64 bits per heavy atom. The molecule has 0 bridgehead atoms. The molecule has 3 aromatic rings. The quantitative estimate of drug-likeness (QED) is 0.559. The molecule has 0 radical (unpaired) electrons. The summed E-state index contributed by atoms with van der Waals surface area (Å²) in [6.45, 7) is 1.97. The van der Waals surface area contributed by atoms with Crippen molar-refractivity contribution in [3.8, 4) is 22.6 Å². The first kappa shape index (κ1) is 19.9. The number of Topliss-reactive ketones (excluding diaryl/α,β-unsaturated/α-hetero) is 1. The summed E-state index contributed by atoms with van der Waals surface area (Å²) in [5.74, 6) is 1.21. The van der Waals surface area contributed by atoms with Gasteiger partial charge >= 0.3 is 0 Å². The number of ketones is 1. The van der Waals surface area contributed by atoms with Gasteiger partial charge in [0, 0.05) is 36.4 Å². The van der Waals surface area contributed by atoms with Crippen LogP contribution in [0.25, 0.3) is 11.1 Å². The Morgan fingerprint density at radius 3 is 2.29 bits per heavy atom. The van der Waals surface area contributed by atoms with Gasteiger partial charge in [-0.05, 0) is 41.8 Å². The van der Waals surface area contributed by atoms with Gasteiger partial charge < -0.3 is 9.47 Å². The van der Waals surface area contributed by atoms with E-state index in [2.05, 4.69) is 4.98 Å². The lowest BCUT2D eigenvalue weighted by atomic mass is 9.99. The van der Waals surface area contributed by atoms with Crippen molar-refractivity contribution in [3.63, 3.8) is 0 Å². The summed E-state index contributed by atoms with van der Waals surface area (Å²) in [4.78, 5) is 16.8. The second kappa shape index (κ2) is 8.89. The first-order valence-corrected chi connectivity index (χ1v) is 9.32. The molecule has 0 spiro atoms. The van der Waals surface area contributed by atoms with Gasteiger partial charge in [-0.1, -0.05) is 35.9 Å². The van der Waals surface area contributed by atoms with Crippen LogP contribution in [0.5, 0.6) is 11.5 Å². The van der Waals surface area contributed by atoms with Crippen LogP contribution in [0.3, 0.4) is 0 Å². The lowest BCUT2D eigenvalue weighted by Crippen LogP contribution is -2.08. The Morgan fingerprint density at radius 1 is 0.929 bits per heavy atom. The Kier molecular flexibility index (Phi) is 6.32. The van der Waals surface area contributed by atoms with Gasteiger partial charge in [0.1, 0.15) is 17.3 Å². The number of pyridine rings is 1. The molecule has 0 unspecified atom stereocenters. The molecule has 28 heavy (non-hydrogen) atoms. The number of hydrogen-bond donors (Lipinski definition) is 0. The second-order valence-corrected chi connectivity index (χ2v) is 6.98. The number of rotatable bonds is 7. The maximum absolute atomic E-state index is 12.6. The number of ether oxygens (including phenoxy) is 2. The van der Waals surface area contributed by atoms with Gasteiger partial charge in [0.2, 0.25) is 0 Å². The van der Waals surface area contributed by atoms with E-state index in [0.29, 0.717) is 22.9 Å². The van der Waals surface area contributed by atoms with E-state index in [1.54, 1.807) is 32.5 Å². The fourth-order valence-electron chi connectivity index (χ4n) is 3.10. The number of carbonyl (C=O) groups excluding carboxylic acids is 1. The number of carbonyl (C=O) groups is 1. The van der Waals surface area contributed by atoms with Crippen LogP contribution in [0.4, 0.5) is 0 Å². The highest BCUT2D eigenvalue weighted by Crippen LogP contribution is 2.33. The maximum Gasteiger partial charge on any atom is 0.141 e. The normalized spacial score (nSPS) is 10.6. The molecule has 0 aliphatic heterocycles. The summed E-state index contributed by atoms with van der Waals surface area (Å²) in [5.41, 5.74) is 4.91. The third kappa shape index (κ3) is 4.70. The third-order valence-electron chi connectivity index (χ3n) is 4.53. The summed E-state index contributed by atoms with van der Waals surface area (Å²) in [6, 6.07) is 15.5. The van der Waals surface area contributed by atoms with Gasteiger partial charge in [0.15, 0.2) is 0 Å². The largest absolute Gasteiger partial charge is 0.496 e. The summed E-state index contributed by atoms with van der Waals surface area (Å²) >= 11 is 6.19. The molecule has 0 N–H and O–H groups in total. The van der Waals surface area contributed by atoms with Crippen molar-refractivity contribution in [1.29, 1.82) is 0 Å². The fourth-order valence-corrected chi connectivity index (χ4v) is 3.37. The first-order chi connectivity index (χ1) is 13.5. The molecule has 4 nitrogen and oxygen atoms in total. The molecule has 0 saturated carbocycles. The zero-order valence-electron chi connectivity index (χ0n) is 16.2. The third-order valence-corrected chi connectivity index (χ3v) is 4.82. The first-order valence-electron chi connectivity index (χ1n) is 8.94. The zero-order chi connectivity index (χ0) is 20.1. The maximum atomic E-state index is 12.6. The number of benzene rings is 2. The second-order valence-electron chi connectivity index (χ2n) is 6.57. The molecule has 1 aromatic heterocycles. The van der Waals surface area contributed by atoms with E-state index in [4.69, 9.17) is 21.1 Å². The number of aromatic nitrogens is 1. The van der Waals surface area contributed by atoms with Crippen molar-refractivity contribution < 1.29 is 14.3 Å². The van der Waals surface area contributed by atoms with Crippen molar-refractivity contribution >= 4 is 17.4 Å². The Labute approximate surface area is 170 Å². The predicted molar refractivity (Wildman–Crippen MR) is 111 cm³/mol. The summed E-state index contributed by atoms with van der Waals surface area (Å²) in [5, 5.41) is 0.461. The van der Waals surface area contributed by atoms with Crippen LogP contribution < -0.4 is 9.47 Å². The molecule has 0 saturated heterocycles. The Hall–Kier alpha value is -2.85. The number of hydrogen-bond acceptors (Lipinski definition) is 4. The molecule has 0 amide bonds. The molecule has 0 aliphatic rings. The molecule has 1 heterocycles. The lowest BCUT2D eigenvalue weighted by molar-refractivity contribution is -0.117. The van der Waals surface area contributed by atoms with Gasteiger partial charge in [-0.2, -0.15) is 0 Å². The number of nitrogens with zero attached hydrogens (tertiary/aromatic N) is 1. The standard InChI is InChI=1S/C23H22ClNO3/c1-15-10-18(8-9-25-15)17-6-4-16(5-7-17)11-20(26)12-19-13-21(24)23(28-3)14-22(19)27-2/h4-10,13-14H,11-12H2,1-3H3. The molecule has 0 atom stereocenters. The molecule has 144 valence electrons. The van der Waals surface area contributed by atoms with Gasteiger partial charge in [0.05, 0.1) is 19.2 Å². The number of aryl methyl sites for hydroxylation is 1. The van der Waals surface area contributed by atoms with Crippen molar-refractivity contribution in [3.05, 3.63) is 76.6 Å². The molecular weight excluding hydrogens is 374 g/mol. The summed E-state index contributed by atoms with van der Waals surface area (Å²) < 4.78 is 10.6. The minimum Gasteiger partial charge on any atom is -0.496 e. The lowest BCUT2D eigenvalue weighted by Gasteiger charge is -2.12. The molecule has 0 aliphatic carbocycles. The minimum absolute atomic E-state index is 0.0899. The van der Waals surface area contributed by atoms with Crippen molar-refractivity contribution in [1.82, 2.24) is 4.98 Å². The van der Waals surface area contributed by atoms with E-state index in [1.807, 2.05) is 43.3 Å². The van der Waals surface area contributed by atoms with Crippen molar-refractivity contribution in [2.24, 2.45) is 0 Å². The fraction of sp³-hybridized carbons (Fsp3) is 0.217. The topological polar surface area (TPSA) is 48.4 Å². The highest BCUT2D eigenvalue weighted by molar-refractivity contribution is 6.32. The van der Waals surface area contributed by atoms with Crippen LogP contribution in [-0.4, -0.2) is 25.0 Å². The van der Waals surface area contributed by atoms with E-state index in [-0.39, 0.29) is 12.2 Å². The van der Waals surface area contributed by atoms with Gasteiger partial charge in [-0.15, -0.1) is 0 Å². The van der Waals surface area contributed by atoms with E-state index >= 15 is 0 Å². The Bertz CT molecular complexity index is 984. The molecule has 3 rings (SSSR count). The Balaban J connectivity index is 1.71. The van der Waals surface area contributed by atoms with E-state index < -0.39 is 0 Å². The van der Waals surface area contributed by atoms with Crippen LogP contribution >= 0.6 is 11.6 Å². The average Bonchev–Trinajstić information content (AvgIpc) is 2.69. The monoisotopic (exact) mass is 395 g/mol. The molecular formula is C23H22ClNO3.